The summed E-state index contributed by atoms with van der Waals surface area (Å²) in [5, 5.41) is 10.9. The van der Waals surface area contributed by atoms with Gasteiger partial charge in [0, 0.05) is 17.4 Å². The van der Waals surface area contributed by atoms with Crippen LogP contribution >= 0.6 is 11.6 Å². The van der Waals surface area contributed by atoms with Crippen molar-refractivity contribution in [2.24, 2.45) is 0 Å². The van der Waals surface area contributed by atoms with Gasteiger partial charge in [0.05, 0.1) is 16.9 Å². The number of carboxylic acid groups (broad SMARTS) is 1. The number of aromatic nitrogens is 1. The van der Waals surface area contributed by atoms with E-state index >= 15 is 0 Å². The average molecular weight is 469 g/mol. The first kappa shape index (κ1) is 25.3. The van der Waals surface area contributed by atoms with E-state index < -0.39 is 28.6 Å². The fraction of sp³-hybridized carbons (Fsp3) is 0.143. The van der Waals surface area contributed by atoms with Gasteiger partial charge in [0.25, 0.3) is 0 Å². The minimum absolute atomic E-state index is 0. The third-order valence-electron chi connectivity index (χ3n) is 4.23. The first-order chi connectivity index (χ1) is 14.3. The summed E-state index contributed by atoms with van der Waals surface area (Å²) in [5.74, 6) is -0.935. The molecule has 1 N–H and O–H groups in total. The second kappa shape index (κ2) is 11.6. The van der Waals surface area contributed by atoms with Gasteiger partial charge in [0.1, 0.15) is 12.4 Å². The van der Waals surface area contributed by atoms with E-state index in [4.69, 9.17) is 16.3 Å². The zero-order chi connectivity index (χ0) is 21.6. The molecule has 2 aromatic carbocycles. The molecule has 0 saturated heterocycles. The Labute approximate surface area is 207 Å². The number of nitrogens with one attached hydrogen (secondary N) is 1. The van der Waals surface area contributed by atoms with E-state index in [9.17, 15) is 18.3 Å². The van der Waals surface area contributed by atoms with Crippen LogP contribution in [-0.2, 0) is 21.2 Å². The van der Waals surface area contributed by atoms with E-state index in [1.54, 1.807) is 48.8 Å². The van der Waals surface area contributed by atoms with Crippen molar-refractivity contribution in [3.05, 3.63) is 89.2 Å². The Kier molecular flexibility index (Phi) is 9.49. The van der Waals surface area contributed by atoms with Crippen LogP contribution in [0.5, 0.6) is 5.75 Å². The van der Waals surface area contributed by atoms with Crippen LogP contribution in [0.3, 0.4) is 0 Å². The number of carbonyl (C=O) groups is 1. The third-order valence-corrected chi connectivity index (χ3v) is 5.97. The van der Waals surface area contributed by atoms with Gasteiger partial charge in [-0.1, -0.05) is 29.8 Å². The molecule has 1 heterocycles. The summed E-state index contributed by atoms with van der Waals surface area (Å²) in [5.41, 5.74) is 1.52. The van der Waals surface area contributed by atoms with E-state index in [0.29, 0.717) is 22.8 Å². The standard InChI is InChI=1S/C21H19ClN2O5S.Na/c22-17-5-9-19(10-6-17)30(27,28)24-20(16-2-1-11-23-13-16)12-15-3-7-18(8-4-15)29-14-21(25)26;/h1-11,13,20,24H,12,14H2,(H,25,26);/q;+1/p-1. The Bertz CT molecular complexity index is 1090. The Morgan fingerprint density at radius 1 is 1.10 bits per heavy atom. The van der Waals surface area contributed by atoms with Crippen molar-refractivity contribution in [2.45, 2.75) is 17.4 Å². The summed E-state index contributed by atoms with van der Waals surface area (Å²) in [6.45, 7) is -0.543. The van der Waals surface area contributed by atoms with Crippen LogP contribution in [0.2, 0.25) is 5.02 Å². The van der Waals surface area contributed by atoms with Crippen LogP contribution in [0.25, 0.3) is 0 Å². The number of aliphatic carboxylic acids is 1. The predicted molar refractivity (Wildman–Crippen MR) is 109 cm³/mol. The Morgan fingerprint density at radius 3 is 2.35 bits per heavy atom. The van der Waals surface area contributed by atoms with Crippen molar-refractivity contribution in [3.8, 4) is 5.75 Å². The fourth-order valence-corrected chi connectivity index (χ4v) is 4.13. The van der Waals surface area contributed by atoms with Crippen LogP contribution in [-0.4, -0.2) is 26.0 Å². The monoisotopic (exact) mass is 468 g/mol. The molecule has 156 valence electrons. The van der Waals surface area contributed by atoms with E-state index in [1.165, 1.54) is 24.3 Å². The predicted octanol–water partition coefficient (Wildman–Crippen LogP) is -0.870. The summed E-state index contributed by atoms with van der Waals surface area (Å²) >= 11 is 5.85. The van der Waals surface area contributed by atoms with Crippen LogP contribution in [0, 0.1) is 0 Å². The van der Waals surface area contributed by atoms with Crippen LogP contribution < -0.4 is 44.1 Å². The molecule has 10 heteroatoms. The molecular formula is C21H18ClN2NaO5S. The first-order valence-electron chi connectivity index (χ1n) is 8.93. The number of rotatable bonds is 9. The molecule has 0 amide bonds. The molecule has 0 spiro atoms. The number of ether oxygens (including phenoxy) is 1. The molecule has 1 aromatic heterocycles. The van der Waals surface area contributed by atoms with Gasteiger partial charge >= 0.3 is 29.6 Å². The van der Waals surface area contributed by atoms with Crippen LogP contribution in [0.1, 0.15) is 17.2 Å². The zero-order valence-electron chi connectivity index (χ0n) is 16.7. The maximum atomic E-state index is 12.9. The molecule has 0 aliphatic heterocycles. The maximum absolute atomic E-state index is 12.9. The fourth-order valence-electron chi connectivity index (χ4n) is 2.78. The van der Waals surface area contributed by atoms with Gasteiger partial charge in [-0.05, 0) is 60.0 Å². The number of halogens is 1. The van der Waals surface area contributed by atoms with Crippen molar-refractivity contribution < 1.29 is 52.6 Å². The molecule has 0 radical (unpaired) electrons. The minimum Gasteiger partial charge on any atom is -0.546 e. The minimum atomic E-state index is -3.80. The molecule has 0 aliphatic carbocycles. The number of nitrogens with zero attached hydrogens (tertiary/aromatic N) is 1. The van der Waals surface area contributed by atoms with E-state index in [0.717, 1.165) is 5.56 Å². The molecule has 0 saturated carbocycles. The number of hydrogen-bond acceptors (Lipinski definition) is 6. The second-order valence-corrected chi connectivity index (χ2v) is 8.57. The largest absolute Gasteiger partial charge is 1.00 e. The molecular weight excluding hydrogens is 451 g/mol. The molecule has 1 unspecified atom stereocenters. The molecule has 3 aromatic rings. The molecule has 31 heavy (non-hydrogen) atoms. The molecule has 1 atom stereocenters. The van der Waals surface area contributed by atoms with E-state index in [2.05, 4.69) is 9.71 Å². The first-order valence-corrected chi connectivity index (χ1v) is 10.8. The summed E-state index contributed by atoms with van der Waals surface area (Å²) in [6.07, 6.45) is 3.56. The number of sulfonamides is 1. The molecule has 7 nitrogen and oxygen atoms in total. The van der Waals surface area contributed by atoms with E-state index in [-0.39, 0.29) is 34.5 Å². The van der Waals surface area contributed by atoms with Gasteiger partial charge in [-0.15, -0.1) is 0 Å². The SMILES string of the molecule is O=C([O-])COc1ccc(CC(NS(=O)(=O)c2ccc(Cl)cc2)c2cccnc2)cc1.[Na+]. The Hall–Kier alpha value is -1.94. The van der Waals surface area contributed by atoms with Gasteiger partial charge in [-0.2, -0.15) is 0 Å². The Balaban J connectivity index is 0.00000341. The van der Waals surface area contributed by atoms with Crippen molar-refractivity contribution in [3.63, 3.8) is 0 Å². The van der Waals surface area contributed by atoms with Crippen molar-refractivity contribution in [1.82, 2.24) is 9.71 Å². The number of benzene rings is 2. The molecule has 0 fully saturated rings. The zero-order valence-corrected chi connectivity index (χ0v) is 20.3. The summed E-state index contributed by atoms with van der Waals surface area (Å²) in [4.78, 5) is 14.7. The van der Waals surface area contributed by atoms with Crippen molar-refractivity contribution in [1.29, 1.82) is 0 Å². The summed E-state index contributed by atoms with van der Waals surface area (Å²) in [6, 6.07) is 15.6. The third kappa shape index (κ3) is 7.60. The number of pyridine rings is 1. The second-order valence-electron chi connectivity index (χ2n) is 6.42. The normalized spacial score (nSPS) is 11.9. The number of hydrogen-bond donors (Lipinski definition) is 1. The van der Waals surface area contributed by atoms with Gasteiger partial charge in [0.15, 0.2) is 0 Å². The quantitative estimate of drug-likeness (QED) is 0.409. The molecule has 3 rings (SSSR count). The van der Waals surface area contributed by atoms with Crippen molar-refractivity contribution >= 4 is 27.6 Å². The molecule has 0 aliphatic rings. The number of carboxylic acids is 1. The average Bonchev–Trinajstić information content (AvgIpc) is 2.73. The summed E-state index contributed by atoms with van der Waals surface area (Å²) < 4.78 is 33.5. The Morgan fingerprint density at radius 2 is 1.77 bits per heavy atom. The van der Waals surface area contributed by atoms with E-state index in [1.807, 2.05) is 0 Å². The summed E-state index contributed by atoms with van der Waals surface area (Å²) in [7, 11) is -3.80. The number of carbonyl (C=O) groups excluding carboxylic acids is 1. The van der Waals surface area contributed by atoms with Gasteiger partial charge < -0.3 is 14.6 Å². The van der Waals surface area contributed by atoms with Gasteiger partial charge in [-0.3, -0.25) is 4.98 Å². The smallest absolute Gasteiger partial charge is 0.546 e. The van der Waals surface area contributed by atoms with Crippen molar-refractivity contribution in [2.75, 3.05) is 6.61 Å². The van der Waals surface area contributed by atoms with Gasteiger partial charge in [-0.25, -0.2) is 13.1 Å². The topological polar surface area (TPSA) is 108 Å². The van der Waals surface area contributed by atoms with Gasteiger partial charge in [0.2, 0.25) is 10.0 Å². The van der Waals surface area contributed by atoms with Crippen LogP contribution in [0.4, 0.5) is 0 Å². The molecule has 0 bridgehead atoms. The maximum Gasteiger partial charge on any atom is 1.00 e. The van der Waals surface area contributed by atoms with Crippen LogP contribution in [0.15, 0.2) is 78.0 Å².